The summed E-state index contributed by atoms with van der Waals surface area (Å²) in [6, 6.07) is 14.6. The molecule has 2 heterocycles. The lowest BCUT2D eigenvalue weighted by molar-refractivity contribution is -0.132. The topological polar surface area (TPSA) is 65.2 Å². The monoisotopic (exact) mass is 467 g/mol. The van der Waals surface area contributed by atoms with E-state index >= 15 is 0 Å². The first-order valence-corrected chi connectivity index (χ1v) is 12.4. The SMILES string of the molecule is CSCC[C@H](NC(=O)c1ccccc1Cl)C(=O)N1CC=C(c2c[nH]c3ccccc23)CC1. The number of carbonyl (C=O) groups excluding carboxylic acids is 2. The number of para-hydroxylation sites is 1. The first-order chi connectivity index (χ1) is 15.6. The van der Waals surface area contributed by atoms with Crippen LogP contribution in [-0.4, -0.2) is 52.8 Å². The van der Waals surface area contributed by atoms with E-state index in [1.54, 1.807) is 36.0 Å². The molecule has 1 aliphatic rings. The minimum Gasteiger partial charge on any atom is -0.361 e. The van der Waals surface area contributed by atoms with E-state index in [1.807, 2.05) is 29.5 Å². The van der Waals surface area contributed by atoms with Gasteiger partial charge < -0.3 is 15.2 Å². The fraction of sp³-hybridized carbons (Fsp3) is 0.280. The van der Waals surface area contributed by atoms with Crippen LogP contribution in [0.3, 0.4) is 0 Å². The van der Waals surface area contributed by atoms with Gasteiger partial charge >= 0.3 is 0 Å². The van der Waals surface area contributed by atoms with E-state index in [9.17, 15) is 9.59 Å². The number of aromatic nitrogens is 1. The molecule has 0 aliphatic carbocycles. The number of rotatable bonds is 7. The Morgan fingerprint density at radius 3 is 2.72 bits per heavy atom. The van der Waals surface area contributed by atoms with Crippen LogP contribution in [0.15, 0.2) is 60.8 Å². The highest BCUT2D eigenvalue weighted by molar-refractivity contribution is 7.98. The summed E-state index contributed by atoms with van der Waals surface area (Å²) < 4.78 is 0. The molecule has 1 atom stereocenters. The van der Waals surface area contributed by atoms with Gasteiger partial charge in [-0.05, 0) is 48.6 Å². The summed E-state index contributed by atoms with van der Waals surface area (Å²) in [6.07, 6.45) is 7.51. The standard InChI is InChI=1S/C25H26ClN3O2S/c1-32-15-12-23(28-24(30)19-7-2-4-8-21(19)26)25(31)29-13-10-17(11-14-29)20-16-27-22-9-5-3-6-18(20)22/h2-10,16,23,27H,11-15H2,1H3,(H,28,30)/t23-/m0/s1. The van der Waals surface area contributed by atoms with E-state index in [0.717, 1.165) is 17.7 Å². The summed E-state index contributed by atoms with van der Waals surface area (Å²) in [6.45, 7) is 1.16. The van der Waals surface area contributed by atoms with Gasteiger partial charge in [0.05, 0.1) is 10.6 Å². The van der Waals surface area contributed by atoms with Crippen molar-refractivity contribution in [2.45, 2.75) is 18.9 Å². The molecule has 5 nitrogen and oxygen atoms in total. The van der Waals surface area contributed by atoms with Crippen LogP contribution in [0, 0.1) is 0 Å². The van der Waals surface area contributed by atoms with Crippen LogP contribution < -0.4 is 5.32 Å². The van der Waals surface area contributed by atoms with E-state index in [-0.39, 0.29) is 11.8 Å². The number of aromatic amines is 1. The highest BCUT2D eigenvalue weighted by Gasteiger charge is 2.28. The normalized spacial score (nSPS) is 14.8. The molecule has 32 heavy (non-hydrogen) atoms. The second kappa shape index (κ2) is 10.3. The molecule has 4 rings (SSSR count). The third-order valence-corrected chi connectivity index (χ3v) is 6.76. The maximum absolute atomic E-state index is 13.3. The molecule has 0 fully saturated rings. The number of halogens is 1. The van der Waals surface area contributed by atoms with Crippen LogP contribution in [0.2, 0.25) is 5.02 Å². The van der Waals surface area contributed by atoms with Crippen molar-refractivity contribution in [3.05, 3.63) is 77.0 Å². The van der Waals surface area contributed by atoms with E-state index in [4.69, 9.17) is 11.6 Å². The summed E-state index contributed by atoms with van der Waals surface area (Å²) in [5.41, 5.74) is 3.93. The van der Waals surface area contributed by atoms with Crippen LogP contribution in [0.4, 0.5) is 0 Å². The molecule has 0 saturated heterocycles. The third kappa shape index (κ3) is 4.87. The average Bonchev–Trinajstić information content (AvgIpc) is 3.26. The number of nitrogens with zero attached hydrogens (tertiary/aromatic N) is 1. The van der Waals surface area contributed by atoms with E-state index in [2.05, 4.69) is 28.5 Å². The van der Waals surface area contributed by atoms with Gasteiger partial charge in [-0.25, -0.2) is 0 Å². The molecule has 1 aromatic heterocycles. The van der Waals surface area contributed by atoms with Gasteiger partial charge in [0.25, 0.3) is 5.91 Å². The molecule has 2 aromatic carbocycles. The van der Waals surface area contributed by atoms with Crippen LogP contribution in [0.1, 0.15) is 28.8 Å². The van der Waals surface area contributed by atoms with Gasteiger partial charge in [-0.15, -0.1) is 0 Å². The van der Waals surface area contributed by atoms with Gasteiger partial charge in [-0.3, -0.25) is 9.59 Å². The Morgan fingerprint density at radius 2 is 1.97 bits per heavy atom. The highest BCUT2D eigenvalue weighted by Crippen LogP contribution is 2.29. The number of hydrogen-bond donors (Lipinski definition) is 2. The number of nitrogens with one attached hydrogen (secondary N) is 2. The van der Waals surface area contributed by atoms with Crippen molar-refractivity contribution in [1.82, 2.24) is 15.2 Å². The Kier molecular flexibility index (Phi) is 7.22. The van der Waals surface area contributed by atoms with Crippen molar-refractivity contribution < 1.29 is 9.59 Å². The van der Waals surface area contributed by atoms with E-state index in [0.29, 0.717) is 30.1 Å². The molecule has 166 valence electrons. The fourth-order valence-corrected chi connectivity index (χ4v) is 4.74. The predicted molar refractivity (Wildman–Crippen MR) is 133 cm³/mol. The predicted octanol–water partition coefficient (Wildman–Crippen LogP) is 4.99. The van der Waals surface area contributed by atoms with Crippen molar-refractivity contribution in [2.24, 2.45) is 0 Å². The molecule has 7 heteroatoms. The minimum absolute atomic E-state index is 0.0475. The number of benzene rings is 2. The average molecular weight is 468 g/mol. The summed E-state index contributed by atoms with van der Waals surface area (Å²) in [5.74, 6) is 0.416. The van der Waals surface area contributed by atoms with Gasteiger partial charge in [0, 0.05) is 35.8 Å². The first-order valence-electron chi connectivity index (χ1n) is 10.7. The molecule has 0 unspecified atom stereocenters. The molecule has 0 bridgehead atoms. The Bertz CT molecular complexity index is 1160. The highest BCUT2D eigenvalue weighted by atomic mass is 35.5. The van der Waals surface area contributed by atoms with Gasteiger partial charge in [-0.2, -0.15) is 11.8 Å². The Balaban J connectivity index is 1.47. The van der Waals surface area contributed by atoms with Gasteiger partial charge in [-0.1, -0.05) is 48.0 Å². The second-order valence-electron chi connectivity index (χ2n) is 7.80. The van der Waals surface area contributed by atoms with Gasteiger partial charge in [0.15, 0.2) is 0 Å². The van der Waals surface area contributed by atoms with Crippen LogP contribution in [-0.2, 0) is 4.79 Å². The molecule has 2 N–H and O–H groups in total. The molecule has 3 aromatic rings. The summed E-state index contributed by atoms with van der Waals surface area (Å²) in [7, 11) is 0. The van der Waals surface area contributed by atoms with Crippen LogP contribution in [0.5, 0.6) is 0 Å². The number of H-pyrrole nitrogens is 1. The minimum atomic E-state index is -0.575. The lowest BCUT2D eigenvalue weighted by Crippen LogP contribution is -2.50. The first kappa shape index (κ1) is 22.5. The number of carbonyl (C=O) groups is 2. The quantitative estimate of drug-likeness (QED) is 0.514. The van der Waals surface area contributed by atoms with Crippen LogP contribution in [0.25, 0.3) is 16.5 Å². The largest absolute Gasteiger partial charge is 0.361 e. The Hall–Kier alpha value is -2.70. The van der Waals surface area contributed by atoms with Crippen molar-refractivity contribution >= 4 is 51.7 Å². The number of hydrogen-bond acceptors (Lipinski definition) is 3. The molecule has 1 aliphatic heterocycles. The molecule has 0 saturated carbocycles. The van der Waals surface area contributed by atoms with Crippen molar-refractivity contribution in [3.8, 4) is 0 Å². The number of thioether (sulfide) groups is 1. The van der Waals surface area contributed by atoms with Crippen molar-refractivity contribution in [1.29, 1.82) is 0 Å². The molecular weight excluding hydrogens is 442 g/mol. The Labute approximate surface area is 197 Å². The summed E-state index contributed by atoms with van der Waals surface area (Å²) >= 11 is 7.83. The summed E-state index contributed by atoms with van der Waals surface area (Å²) in [4.78, 5) is 31.2. The molecule has 0 spiro atoms. The van der Waals surface area contributed by atoms with Gasteiger partial charge in [0.2, 0.25) is 5.91 Å². The molecule has 2 amide bonds. The summed E-state index contributed by atoms with van der Waals surface area (Å²) in [5, 5.41) is 4.49. The van der Waals surface area contributed by atoms with Crippen molar-refractivity contribution in [2.75, 3.05) is 25.1 Å². The van der Waals surface area contributed by atoms with Crippen molar-refractivity contribution in [3.63, 3.8) is 0 Å². The zero-order valence-corrected chi connectivity index (χ0v) is 19.5. The maximum atomic E-state index is 13.3. The van der Waals surface area contributed by atoms with E-state index in [1.165, 1.54) is 16.5 Å². The molecule has 0 radical (unpaired) electrons. The third-order valence-electron chi connectivity index (χ3n) is 5.79. The maximum Gasteiger partial charge on any atom is 0.253 e. The zero-order valence-electron chi connectivity index (χ0n) is 17.9. The van der Waals surface area contributed by atoms with E-state index < -0.39 is 6.04 Å². The van der Waals surface area contributed by atoms with Gasteiger partial charge in [0.1, 0.15) is 6.04 Å². The smallest absolute Gasteiger partial charge is 0.253 e. The second-order valence-corrected chi connectivity index (χ2v) is 9.19. The lowest BCUT2D eigenvalue weighted by atomic mass is 9.98. The number of fused-ring (bicyclic) bond motifs is 1. The molecular formula is C25H26ClN3O2S. The lowest BCUT2D eigenvalue weighted by Gasteiger charge is -2.30. The zero-order chi connectivity index (χ0) is 22.5. The van der Waals surface area contributed by atoms with Crippen LogP contribution >= 0.6 is 23.4 Å². The Morgan fingerprint density at radius 1 is 1.19 bits per heavy atom. The fourth-order valence-electron chi connectivity index (χ4n) is 4.05. The number of amides is 2.